The number of amides is 1. The molecule has 4 heterocycles. The quantitative estimate of drug-likeness (QED) is 0.455. The molecule has 3 aromatic rings. The maximum atomic E-state index is 12.8. The van der Waals surface area contributed by atoms with Gasteiger partial charge in [0.05, 0.1) is 31.3 Å². The van der Waals surface area contributed by atoms with Crippen LogP contribution in [0.4, 0.5) is 10.7 Å². The molecule has 192 valence electrons. The number of halogens is 1. The van der Waals surface area contributed by atoms with Gasteiger partial charge in [-0.25, -0.2) is 14.0 Å². The van der Waals surface area contributed by atoms with Gasteiger partial charge in [-0.15, -0.1) is 0 Å². The average Bonchev–Trinajstić information content (AvgIpc) is 3.30. The minimum Gasteiger partial charge on any atom is -0.379 e. The number of rotatable bonds is 6. The number of carbonyl (C=O) groups is 1. The van der Waals surface area contributed by atoms with E-state index in [2.05, 4.69) is 25.2 Å². The van der Waals surface area contributed by atoms with Crippen molar-refractivity contribution in [2.45, 2.75) is 32.0 Å². The van der Waals surface area contributed by atoms with Crippen molar-refractivity contribution in [1.29, 1.82) is 5.41 Å². The molecule has 2 aliphatic heterocycles. The Hall–Kier alpha value is -2.99. The zero-order chi connectivity index (χ0) is 25.1. The second kappa shape index (κ2) is 11.0. The molecule has 2 saturated heterocycles. The topological polar surface area (TPSA) is 130 Å². The lowest BCUT2D eigenvalue weighted by atomic mass is 10.0. The van der Waals surface area contributed by atoms with Gasteiger partial charge >= 0.3 is 6.03 Å². The number of nitrogens with two attached hydrogens (primary N) is 1. The fraction of sp³-hybridized carbons (Fsp3) is 0.500. The van der Waals surface area contributed by atoms with Crippen LogP contribution in [0.3, 0.4) is 0 Å². The highest BCUT2D eigenvalue weighted by Gasteiger charge is 2.26. The molecule has 0 spiro atoms. The average molecular weight is 514 g/mol. The smallest absolute Gasteiger partial charge is 0.330 e. The molecule has 2 aliphatic rings. The molecule has 0 bridgehead atoms. The van der Waals surface area contributed by atoms with E-state index in [1.807, 2.05) is 12.1 Å². The van der Waals surface area contributed by atoms with Crippen LogP contribution >= 0.6 is 11.6 Å². The lowest BCUT2D eigenvalue weighted by Gasteiger charge is -2.40. The van der Waals surface area contributed by atoms with Crippen molar-refractivity contribution < 1.29 is 9.53 Å². The van der Waals surface area contributed by atoms with Gasteiger partial charge in [-0.05, 0) is 43.6 Å². The minimum atomic E-state index is -0.525. The maximum Gasteiger partial charge on any atom is 0.330 e. The molecule has 0 unspecified atom stereocenters. The van der Waals surface area contributed by atoms with Crippen LogP contribution < -0.4 is 16.5 Å². The number of hydrogen-bond acceptors (Lipinski definition) is 8. The van der Waals surface area contributed by atoms with E-state index in [9.17, 15) is 4.79 Å². The first-order valence-corrected chi connectivity index (χ1v) is 12.7. The fourth-order valence-corrected chi connectivity index (χ4v) is 5.23. The van der Waals surface area contributed by atoms with Crippen LogP contribution in [0.5, 0.6) is 0 Å². The van der Waals surface area contributed by atoms with Crippen LogP contribution in [-0.4, -0.2) is 87.1 Å². The number of piperidine rings is 1. The van der Waals surface area contributed by atoms with Crippen LogP contribution in [0, 0.1) is 5.41 Å². The van der Waals surface area contributed by atoms with Gasteiger partial charge in [0.1, 0.15) is 5.49 Å². The van der Waals surface area contributed by atoms with E-state index in [-0.39, 0.29) is 18.0 Å². The summed E-state index contributed by atoms with van der Waals surface area (Å²) in [5.74, 6) is -0.0517. The molecule has 2 aromatic heterocycles. The number of aromatic nitrogens is 4. The van der Waals surface area contributed by atoms with Gasteiger partial charge < -0.3 is 20.7 Å². The number of benzene rings is 1. The number of carbonyl (C=O) groups excluding carboxylic acids is 1. The SMILES string of the molecule is N=c1c2cnn(CCN3CCC(N4CCOCC4)CC3)c2nc(N)n1C(=O)NCc1cccc(Cl)c1. The van der Waals surface area contributed by atoms with Gasteiger partial charge in [0.15, 0.2) is 5.65 Å². The molecule has 1 amide bonds. The van der Waals surface area contributed by atoms with Gasteiger partial charge in [-0.2, -0.15) is 10.1 Å². The maximum absolute atomic E-state index is 12.8. The number of ether oxygens (including phenoxy) is 1. The van der Waals surface area contributed by atoms with Crippen LogP contribution in [-0.2, 0) is 17.8 Å². The van der Waals surface area contributed by atoms with Gasteiger partial charge in [-0.3, -0.25) is 10.3 Å². The predicted octanol–water partition coefficient (Wildman–Crippen LogP) is 1.50. The second-order valence-electron chi connectivity index (χ2n) is 9.27. The Kier molecular flexibility index (Phi) is 7.51. The monoisotopic (exact) mass is 513 g/mol. The standard InChI is InChI=1S/C24H32ClN9O2/c25-18-3-1-2-17(14-18)15-28-24(35)34-21(26)20-16-29-33(22(20)30-23(34)27)9-8-31-6-4-19(5-7-31)32-10-12-36-13-11-32/h1-3,14,16,19,26H,4-13,15H2,(H2,27,30)(H,28,35). The zero-order valence-electron chi connectivity index (χ0n) is 20.2. The number of morpholine rings is 1. The molecule has 5 rings (SSSR count). The van der Waals surface area contributed by atoms with Crippen molar-refractivity contribution in [2.75, 3.05) is 51.7 Å². The van der Waals surface area contributed by atoms with E-state index in [1.165, 1.54) is 0 Å². The van der Waals surface area contributed by atoms with Gasteiger partial charge in [0.25, 0.3) is 0 Å². The number of fused-ring (bicyclic) bond motifs is 1. The highest BCUT2D eigenvalue weighted by Crippen LogP contribution is 2.18. The van der Waals surface area contributed by atoms with Crippen LogP contribution in [0.15, 0.2) is 30.5 Å². The zero-order valence-corrected chi connectivity index (χ0v) is 21.0. The van der Waals surface area contributed by atoms with E-state index in [1.54, 1.807) is 23.0 Å². The minimum absolute atomic E-state index is 0.0429. The van der Waals surface area contributed by atoms with Crippen molar-refractivity contribution in [3.8, 4) is 0 Å². The summed E-state index contributed by atoms with van der Waals surface area (Å²) < 4.78 is 8.31. The normalized spacial score (nSPS) is 18.0. The van der Waals surface area contributed by atoms with Crippen molar-refractivity contribution in [1.82, 2.24) is 34.4 Å². The van der Waals surface area contributed by atoms with E-state index in [4.69, 9.17) is 27.5 Å². The molecule has 11 nitrogen and oxygen atoms in total. The third kappa shape index (κ3) is 5.39. The molecule has 0 radical (unpaired) electrons. The molecule has 1 aromatic carbocycles. The summed E-state index contributed by atoms with van der Waals surface area (Å²) in [7, 11) is 0. The largest absolute Gasteiger partial charge is 0.379 e. The molecular weight excluding hydrogens is 482 g/mol. The highest BCUT2D eigenvalue weighted by molar-refractivity contribution is 6.30. The number of nitrogens with one attached hydrogen (secondary N) is 2. The first kappa shape index (κ1) is 24.7. The van der Waals surface area contributed by atoms with Crippen molar-refractivity contribution in [3.63, 3.8) is 0 Å². The Labute approximate surface area is 214 Å². The number of nitrogen functional groups attached to an aromatic ring is 1. The number of anilines is 1. The molecule has 0 atom stereocenters. The van der Waals surface area contributed by atoms with Crippen LogP contribution in [0.1, 0.15) is 18.4 Å². The second-order valence-corrected chi connectivity index (χ2v) is 9.71. The van der Waals surface area contributed by atoms with Crippen molar-refractivity contribution in [2.24, 2.45) is 0 Å². The molecule has 36 heavy (non-hydrogen) atoms. The first-order valence-electron chi connectivity index (χ1n) is 12.3. The third-order valence-corrected chi connectivity index (χ3v) is 7.26. The van der Waals surface area contributed by atoms with Crippen LogP contribution in [0.2, 0.25) is 5.02 Å². The predicted molar refractivity (Wildman–Crippen MR) is 137 cm³/mol. The Balaban J connectivity index is 1.21. The molecule has 2 fully saturated rings. The summed E-state index contributed by atoms with van der Waals surface area (Å²) in [6, 6.07) is 7.33. The Bertz CT molecular complexity index is 1280. The van der Waals surface area contributed by atoms with E-state index >= 15 is 0 Å². The summed E-state index contributed by atoms with van der Waals surface area (Å²) in [6.07, 6.45) is 3.90. The van der Waals surface area contributed by atoms with Crippen molar-refractivity contribution in [3.05, 3.63) is 46.5 Å². The Morgan fingerprint density at radius 2 is 1.97 bits per heavy atom. The van der Waals surface area contributed by atoms with Crippen LogP contribution in [0.25, 0.3) is 11.0 Å². The third-order valence-electron chi connectivity index (χ3n) is 7.02. The highest BCUT2D eigenvalue weighted by atomic mass is 35.5. The summed E-state index contributed by atoms with van der Waals surface area (Å²) in [5.41, 5.74) is 7.43. The summed E-state index contributed by atoms with van der Waals surface area (Å²) in [6.45, 7) is 7.58. The molecule has 0 aliphatic carbocycles. The number of hydrogen-bond donors (Lipinski definition) is 3. The Morgan fingerprint density at radius 1 is 1.19 bits per heavy atom. The number of nitrogens with zero attached hydrogens (tertiary/aromatic N) is 6. The molecule has 4 N–H and O–H groups in total. The van der Waals surface area contributed by atoms with E-state index in [0.717, 1.165) is 68.9 Å². The summed E-state index contributed by atoms with van der Waals surface area (Å²) in [5, 5.41) is 16.9. The first-order chi connectivity index (χ1) is 17.5. The number of likely N-dealkylation sites (tertiary alicyclic amines) is 1. The van der Waals surface area contributed by atoms with Crippen molar-refractivity contribution >= 4 is 34.6 Å². The lowest BCUT2D eigenvalue weighted by Crippen LogP contribution is -2.49. The van der Waals surface area contributed by atoms with Gasteiger partial charge in [0, 0.05) is 37.2 Å². The molecular formula is C24H32ClN9O2. The van der Waals surface area contributed by atoms with E-state index in [0.29, 0.717) is 28.6 Å². The molecule has 0 saturated carbocycles. The molecule has 12 heteroatoms. The van der Waals surface area contributed by atoms with E-state index < -0.39 is 6.03 Å². The fourth-order valence-electron chi connectivity index (χ4n) is 5.02. The summed E-state index contributed by atoms with van der Waals surface area (Å²) >= 11 is 6.01. The van der Waals surface area contributed by atoms with Gasteiger partial charge in [0.2, 0.25) is 5.95 Å². The Morgan fingerprint density at radius 3 is 2.72 bits per heavy atom. The lowest BCUT2D eigenvalue weighted by molar-refractivity contribution is 0.000639. The van der Waals surface area contributed by atoms with Gasteiger partial charge in [-0.1, -0.05) is 23.7 Å². The summed E-state index contributed by atoms with van der Waals surface area (Å²) in [4.78, 5) is 22.2.